The van der Waals surface area contributed by atoms with Gasteiger partial charge in [-0.15, -0.1) is 5.10 Å². The van der Waals surface area contributed by atoms with Crippen LogP contribution < -0.4 is 10.1 Å². The molecule has 0 aliphatic heterocycles. The molecule has 0 fully saturated rings. The first-order valence-electron chi connectivity index (χ1n) is 8.38. The molecule has 2 N–H and O–H groups in total. The number of nitrogens with one attached hydrogen (secondary N) is 2. The Kier molecular flexibility index (Phi) is 6.68. The van der Waals surface area contributed by atoms with Gasteiger partial charge in [0.05, 0.1) is 21.4 Å². The highest BCUT2D eigenvalue weighted by molar-refractivity contribution is 7.99. The SMILES string of the molecule is Cc1ccc(OCc2nc(SCC(=O)Nc3cc([N+](=O)[O-])ccc3Cl)n[nH]2)cc1. The van der Waals surface area contributed by atoms with E-state index in [1.165, 1.54) is 18.2 Å². The van der Waals surface area contributed by atoms with Crippen molar-refractivity contribution in [3.63, 3.8) is 0 Å². The van der Waals surface area contributed by atoms with E-state index in [-0.39, 0.29) is 34.7 Å². The molecule has 0 spiro atoms. The minimum absolute atomic E-state index is 0.00906. The fraction of sp³-hybridized carbons (Fsp3) is 0.167. The van der Waals surface area contributed by atoms with Gasteiger partial charge in [0.1, 0.15) is 12.4 Å². The number of nitrogens with zero attached hydrogens (tertiary/aromatic N) is 3. The van der Waals surface area contributed by atoms with E-state index in [0.29, 0.717) is 11.0 Å². The average molecular weight is 434 g/mol. The molecular formula is C18H16ClN5O4S. The van der Waals surface area contributed by atoms with Gasteiger partial charge in [-0.2, -0.15) is 0 Å². The summed E-state index contributed by atoms with van der Waals surface area (Å²) >= 11 is 7.08. The number of anilines is 1. The van der Waals surface area contributed by atoms with Gasteiger partial charge in [0.25, 0.3) is 5.69 Å². The smallest absolute Gasteiger partial charge is 0.271 e. The topological polar surface area (TPSA) is 123 Å². The Bertz CT molecular complexity index is 1030. The zero-order valence-electron chi connectivity index (χ0n) is 15.2. The number of non-ortho nitro benzene ring substituents is 1. The number of nitro groups is 1. The maximum absolute atomic E-state index is 12.1. The van der Waals surface area contributed by atoms with Crippen LogP contribution in [0.25, 0.3) is 0 Å². The number of ether oxygens (including phenoxy) is 1. The molecule has 0 saturated heterocycles. The molecule has 9 nitrogen and oxygen atoms in total. The van der Waals surface area contributed by atoms with Crippen LogP contribution in [-0.2, 0) is 11.4 Å². The number of rotatable bonds is 8. The van der Waals surface area contributed by atoms with E-state index in [2.05, 4.69) is 20.5 Å². The molecule has 1 aromatic heterocycles. The number of aromatic amines is 1. The van der Waals surface area contributed by atoms with E-state index >= 15 is 0 Å². The summed E-state index contributed by atoms with van der Waals surface area (Å²) in [7, 11) is 0. The molecule has 1 amide bonds. The first-order chi connectivity index (χ1) is 13.9. The van der Waals surface area contributed by atoms with E-state index < -0.39 is 4.92 Å². The summed E-state index contributed by atoms with van der Waals surface area (Å²) in [6.45, 7) is 2.21. The summed E-state index contributed by atoms with van der Waals surface area (Å²) in [6, 6.07) is 11.5. The molecule has 1 heterocycles. The Hall–Kier alpha value is -3.11. The number of aromatic nitrogens is 3. The third kappa shape index (κ3) is 5.93. The van der Waals surface area contributed by atoms with Gasteiger partial charge in [-0.1, -0.05) is 41.1 Å². The van der Waals surface area contributed by atoms with Gasteiger partial charge in [-0.3, -0.25) is 20.0 Å². The number of halogens is 1. The lowest BCUT2D eigenvalue weighted by molar-refractivity contribution is -0.384. The highest BCUT2D eigenvalue weighted by atomic mass is 35.5. The van der Waals surface area contributed by atoms with Crippen LogP contribution in [0.3, 0.4) is 0 Å². The number of thioether (sulfide) groups is 1. The predicted molar refractivity (Wildman–Crippen MR) is 109 cm³/mol. The lowest BCUT2D eigenvalue weighted by Gasteiger charge is -2.06. The summed E-state index contributed by atoms with van der Waals surface area (Å²) < 4.78 is 5.62. The first-order valence-corrected chi connectivity index (χ1v) is 9.74. The minimum Gasteiger partial charge on any atom is -0.486 e. The molecule has 0 radical (unpaired) electrons. The number of hydrogen-bond donors (Lipinski definition) is 2. The fourth-order valence-electron chi connectivity index (χ4n) is 2.23. The maximum Gasteiger partial charge on any atom is 0.271 e. The number of carbonyl (C=O) groups is 1. The molecular weight excluding hydrogens is 418 g/mol. The average Bonchev–Trinajstić information content (AvgIpc) is 3.15. The van der Waals surface area contributed by atoms with Gasteiger partial charge in [-0.25, -0.2) is 4.98 Å². The Morgan fingerprint density at radius 2 is 2.07 bits per heavy atom. The van der Waals surface area contributed by atoms with Gasteiger partial charge < -0.3 is 10.1 Å². The van der Waals surface area contributed by atoms with Crippen molar-refractivity contribution in [1.82, 2.24) is 15.2 Å². The summed E-state index contributed by atoms with van der Waals surface area (Å²) in [6.07, 6.45) is 0. The first kappa shape index (κ1) is 20.6. The molecule has 0 aliphatic rings. The van der Waals surface area contributed by atoms with Crippen LogP contribution in [0.15, 0.2) is 47.6 Å². The zero-order chi connectivity index (χ0) is 20.8. The second kappa shape index (κ2) is 9.39. The fourth-order valence-corrected chi connectivity index (χ4v) is 3.01. The normalized spacial score (nSPS) is 10.6. The number of nitro benzene ring substituents is 1. The highest BCUT2D eigenvalue weighted by Crippen LogP contribution is 2.27. The van der Waals surface area contributed by atoms with Crippen LogP contribution >= 0.6 is 23.4 Å². The van der Waals surface area contributed by atoms with Crippen molar-refractivity contribution in [2.24, 2.45) is 0 Å². The molecule has 3 aromatic rings. The highest BCUT2D eigenvalue weighted by Gasteiger charge is 2.13. The summed E-state index contributed by atoms with van der Waals surface area (Å²) in [5, 5.41) is 20.8. The van der Waals surface area contributed by atoms with Crippen LogP contribution in [0.1, 0.15) is 11.4 Å². The molecule has 11 heteroatoms. The maximum atomic E-state index is 12.1. The Morgan fingerprint density at radius 3 is 2.79 bits per heavy atom. The van der Waals surface area contributed by atoms with Crippen molar-refractivity contribution < 1.29 is 14.5 Å². The lowest BCUT2D eigenvalue weighted by atomic mass is 10.2. The van der Waals surface area contributed by atoms with Crippen molar-refractivity contribution in [2.45, 2.75) is 18.7 Å². The number of benzene rings is 2. The minimum atomic E-state index is -0.561. The molecule has 150 valence electrons. The van der Waals surface area contributed by atoms with Crippen LogP contribution in [0.5, 0.6) is 5.75 Å². The summed E-state index contributed by atoms with van der Waals surface area (Å²) in [5.74, 6) is 0.860. The second-order valence-corrected chi connectivity index (χ2v) is 7.27. The van der Waals surface area contributed by atoms with E-state index in [0.717, 1.165) is 23.1 Å². The van der Waals surface area contributed by atoms with Crippen LogP contribution in [0.2, 0.25) is 5.02 Å². The predicted octanol–water partition coefficient (Wildman–Crippen LogP) is 3.98. The largest absolute Gasteiger partial charge is 0.486 e. The quantitative estimate of drug-likeness (QED) is 0.313. The van der Waals surface area contributed by atoms with Crippen LogP contribution in [-0.4, -0.2) is 31.8 Å². The van der Waals surface area contributed by atoms with Gasteiger partial charge in [0.15, 0.2) is 5.82 Å². The molecule has 2 aromatic carbocycles. The van der Waals surface area contributed by atoms with Crippen molar-refractivity contribution in [1.29, 1.82) is 0 Å². The standard InChI is InChI=1S/C18H16ClN5O4S/c1-11-2-5-13(6-3-11)28-9-16-21-18(23-22-16)29-10-17(25)20-15-8-12(24(26)27)4-7-14(15)19/h2-8H,9-10H2,1H3,(H,20,25)(H,21,22,23). The molecule has 0 unspecified atom stereocenters. The van der Waals surface area contributed by atoms with Gasteiger partial charge in [-0.05, 0) is 25.1 Å². The molecule has 0 saturated carbocycles. The molecule has 3 rings (SSSR count). The van der Waals surface area contributed by atoms with Crippen molar-refractivity contribution in [3.8, 4) is 5.75 Å². The number of carbonyl (C=O) groups excluding carboxylic acids is 1. The molecule has 0 atom stereocenters. The van der Waals surface area contributed by atoms with E-state index in [4.69, 9.17) is 16.3 Å². The summed E-state index contributed by atoms with van der Waals surface area (Å²) in [4.78, 5) is 26.6. The molecule has 0 bridgehead atoms. The number of hydrogen-bond acceptors (Lipinski definition) is 7. The van der Waals surface area contributed by atoms with E-state index in [1.54, 1.807) is 0 Å². The lowest BCUT2D eigenvalue weighted by Crippen LogP contribution is -2.14. The van der Waals surface area contributed by atoms with Gasteiger partial charge in [0, 0.05) is 12.1 Å². The van der Waals surface area contributed by atoms with Crippen molar-refractivity contribution in [3.05, 3.63) is 69.0 Å². The Morgan fingerprint density at radius 1 is 1.31 bits per heavy atom. The third-order valence-corrected chi connectivity index (χ3v) is 4.85. The van der Waals surface area contributed by atoms with Crippen LogP contribution in [0.4, 0.5) is 11.4 Å². The third-order valence-electron chi connectivity index (χ3n) is 3.67. The number of amides is 1. The molecule has 0 aliphatic carbocycles. The van der Waals surface area contributed by atoms with Gasteiger partial charge >= 0.3 is 0 Å². The van der Waals surface area contributed by atoms with Gasteiger partial charge in [0.2, 0.25) is 11.1 Å². The Balaban J connectivity index is 1.50. The second-order valence-electron chi connectivity index (χ2n) is 5.92. The Labute approximate surface area is 175 Å². The van der Waals surface area contributed by atoms with Crippen LogP contribution in [0, 0.1) is 17.0 Å². The number of H-pyrrole nitrogens is 1. The summed E-state index contributed by atoms with van der Waals surface area (Å²) in [5.41, 5.74) is 1.15. The monoisotopic (exact) mass is 433 g/mol. The zero-order valence-corrected chi connectivity index (χ0v) is 16.8. The van der Waals surface area contributed by atoms with E-state index in [9.17, 15) is 14.9 Å². The van der Waals surface area contributed by atoms with Crippen molar-refractivity contribution in [2.75, 3.05) is 11.1 Å². The molecule has 29 heavy (non-hydrogen) atoms. The van der Waals surface area contributed by atoms with E-state index in [1.807, 2.05) is 31.2 Å². The number of aryl methyl sites for hydroxylation is 1. The van der Waals surface area contributed by atoms with Crippen molar-refractivity contribution >= 4 is 40.6 Å².